The van der Waals surface area contributed by atoms with E-state index in [9.17, 15) is 14.9 Å². The van der Waals surface area contributed by atoms with Crippen molar-refractivity contribution in [3.63, 3.8) is 0 Å². The Hall–Kier alpha value is -2.70. The number of benzene rings is 1. The van der Waals surface area contributed by atoms with Crippen LogP contribution in [-0.4, -0.2) is 21.0 Å². The summed E-state index contributed by atoms with van der Waals surface area (Å²) in [4.78, 5) is 22.1. The summed E-state index contributed by atoms with van der Waals surface area (Å²) >= 11 is 0. The molecule has 7 heteroatoms. The van der Waals surface area contributed by atoms with Crippen LogP contribution in [0.25, 0.3) is 0 Å². The normalized spacial score (nSPS) is 10.1. The van der Waals surface area contributed by atoms with Crippen LogP contribution in [0.5, 0.6) is 0 Å². The molecule has 7 nitrogen and oxygen atoms in total. The highest BCUT2D eigenvalue weighted by Gasteiger charge is 2.14. The first-order chi connectivity index (χ1) is 8.58. The van der Waals surface area contributed by atoms with Gasteiger partial charge in [0.2, 0.25) is 0 Å². The van der Waals surface area contributed by atoms with Gasteiger partial charge in [-0.25, -0.2) is 0 Å². The summed E-state index contributed by atoms with van der Waals surface area (Å²) in [6, 6.07) is 5.74. The Kier molecular flexibility index (Phi) is 3.05. The van der Waals surface area contributed by atoms with Gasteiger partial charge in [-0.05, 0) is 12.5 Å². The maximum Gasteiger partial charge on any atom is 0.270 e. The molecule has 0 atom stereocenters. The molecule has 1 amide bonds. The number of anilines is 1. The van der Waals surface area contributed by atoms with Crippen molar-refractivity contribution in [1.82, 2.24) is 10.2 Å². The van der Waals surface area contributed by atoms with Gasteiger partial charge in [-0.15, -0.1) is 0 Å². The molecule has 0 aliphatic heterocycles. The van der Waals surface area contributed by atoms with E-state index in [2.05, 4.69) is 15.5 Å². The van der Waals surface area contributed by atoms with Gasteiger partial charge in [0.1, 0.15) is 5.82 Å². The third kappa shape index (κ3) is 2.34. The first-order valence-electron chi connectivity index (χ1n) is 5.13. The van der Waals surface area contributed by atoms with Crippen LogP contribution >= 0.6 is 0 Å². The highest BCUT2D eigenvalue weighted by atomic mass is 16.6. The highest BCUT2D eigenvalue weighted by Crippen LogP contribution is 2.18. The van der Waals surface area contributed by atoms with Crippen LogP contribution in [0, 0.1) is 17.0 Å². The van der Waals surface area contributed by atoms with Crippen LogP contribution in [0.15, 0.2) is 30.5 Å². The zero-order valence-electron chi connectivity index (χ0n) is 9.51. The molecule has 0 unspecified atom stereocenters. The van der Waals surface area contributed by atoms with Gasteiger partial charge in [-0.2, -0.15) is 5.10 Å². The number of rotatable bonds is 3. The molecule has 1 aromatic heterocycles. The minimum atomic E-state index is -0.535. The number of amides is 1. The van der Waals surface area contributed by atoms with Crippen molar-refractivity contribution in [3.05, 3.63) is 51.7 Å². The predicted octanol–water partition coefficient (Wildman–Crippen LogP) is 1.88. The third-order valence-electron chi connectivity index (χ3n) is 2.43. The quantitative estimate of drug-likeness (QED) is 0.637. The van der Waals surface area contributed by atoms with Gasteiger partial charge in [-0.1, -0.05) is 6.07 Å². The Morgan fingerprint density at radius 1 is 1.44 bits per heavy atom. The Morgan fingerprint density at radius 3 is 2.83 bits per heavy atom. The molecule has 0 saturated carbocycles. The van der Waals surface area contributed by atoms with Crippen LogP contribution in [0.1, 0.15) is 15.9 Å². The van der Waals surface area contributed by atoms with E-state index in [1.807, 2.05) is 0 Å². The summed E-state index contributed by atoms with van der Waals surface area (Å²) in [5, 5.41) is 19.5. The maximum absolute atomic E-state index is 11.9. The molecule has 0 radical (unpaired) electrons. The van der Waals surface area contributed by atoms with Gasteiger partial charge in [0.05, 0.1) is 11.1 Å². The van der Waals surface area contributed by atoms with Crippen molar-refractivity contribution in [3.8, 4) is 0 Å². The van der Waals surface area contributed by atoms with E-state index in [-0.39, 0.29) is 11.3 Å². The predicted molar refractivity (Wildman–Crippen MR) is 64.4 cm³/mol. The number of H-pyrrole nitrogens is 1. The zero-order valence-corrected chi connectivity index (χ0v) is 9.51. The fourth-order valence-corrected chi connectivity index (χ4v) is 1.48. The number of hydrogen-bond acceptors (Lipinski definition) is 4. The number of nitrogens with one attached hydrogen (secondary N) is 2. The fraction of sp³-hybridized carbons (Fsp3) is 0.0909. The Labute approximate surface area is 102 Å². The number of carbonyl (C=O) groups is 1. The molecule has 2 rings (SSSR count). The topological polar surface area (TPSA) is 101 Å². The van der Waals surface area contributed by atoms with Crippen molar-refractivity contribution >= 4 is 17.4 Å². The molecular weight excluding hydrogens is 236 g/mol. The molecule has 18 heavy (non-hydrogen) atoms. The minimum absolute atomic E-state index is 0.115. The first kappa shape index (κ1) is 11.8. The first-order valence-corrected chi connectivity index (χ1v) is 5.13. The van der Waals surface area contributed by atoms with E-state index >= 15 is 0 Å². The lowest BCUT2D eigenvalue weighted by Crippen LogP contribution is -2.14. The minimum Gasteiger partial charge on any atom is -0.307 e. The van der Waals surface area contributed by atoms with Crippen LogP contribution in [0.4, 0.5) is 11.5 Å². The number of aromatic amines is 1. The van der Waals surface area contributed by atoms with Crippen LogP contribution < -0.4 is 5.32 Å². The molecular formula is C11H10N4O3. The number of non-ortho nitro benzene ring substituents is 1. The smallest absolute Gasteiger partial charge is 0.270 e. The molecule has 0 aliphatic rings. The van der Waals surface area contributed by atoms with Gasteiger partial charge in [0.25, 0.3) is 11.6 Å². The van der Waals surface area contributed by atoms with Crippen LogP contribution in [-0.2, 0) is 0 Å². The monoisotopic (exact) mass is 246 g/mol. The Bertz CT molecular complexity index is 592. The lowest BCUT2D eigenvalue weighted by Gasteiger charge is -2.05. The van der Waals surface area contributed by atoms with Gasteiger partial charge in [0, 0.05) is 23.8 Å². The van der Waals surface area contributed by atoms with Crippen LogP contribution in [0.2, 0.25) is 0 Å². The number of nitro groups is 1. The molecule has 2 N–H and O–H groups in total. The molecule has 2 aromatic rings. The van der Waals surface area contributed by atoms with Crippen LogP contribution in [0.3, 0.4) is 0 Å². The molecule has 1 heterocycles. The lowest BCUT2D eigenvalue weighted by molar-refractivity contribution is -0.384. The standard InChI is InChI=1S/C11H10N4O3/c1-7-2-3-8(15(17)18)6-9(7)11(16)13-10-4-5-12-14-10/h2-6H,1H3,(H2,12,13,14,16). The number of hydrogen-bond donors (Lipinski definition) is 2. The molecule has 0 aliphatic carbocycles. The summed E-state index contributed by atoms with van der Waals surface area (Å²) in [7, 11) is 0. The number of aromatic nitrogens is 2. The second kappa shape index (κ2) is 4.66. The maximum atomic E-state index is 11.9. The van der Waals surface area contributed by atoms with Crippen molar-refractivity contribution in [2.24, 2.45) is 0 Å². The lowest BCUT2D eigenvalue weighted by atomic mass is 10.1. The van der Waals surface area contributed by atoms with E-state index in [0.29, 0.717) is 11.4 Å². The average molecular weight is 246 g/mol. The number of nitro benzene ring substituents is 1. The van der Waals surface area contributed by atoms with E-state index in [4.69, 9.17) is 0 Å². The third-order valence-corrected chi connectivity index (χ3v) is 2.43. The second-order valence-electron chi connectivity index (χ2n) is 3.68. The fourth-order valence-electron chi connectivity index (χ4n) is 1.48. The molecule has 1 aromatic carbocycles. The average Bonchev–Trinajstić information content (AvgIpc) is 2.81. The summed E-state index contributed by atoms with van der Waals surface area (Å²) in [5.74, 6) is 0.0198. The van der Waals surface area contributed by atoms with E-state index < -0.39 is 10.8 Å². The summed E-state index contributed by atoms with van der Waals surface area (Å²) in [6.07, 6.45) is 1.50. The van der Waals surface area contributed by atoms with E-state index in [1.165, 1.54) is 18.3 Å². The molecule has 0 saturated heterocycles. The summed E-state index contributed by atoms with van der Waals surface area (Å²) < 4.78 is 0. The highest BCUT2D eigenvalue weighted by molar-refractivity contribution is 6.05. The van der Waals surface area contributed by atoms with Gasteiger partial charge < -0.3 is 5.32 Å². The molecule has 92 valence electrons. The van der Waals surface area contributed by atoms with Crippen molar-refractivity contribution in [1.29, 1.82) is 0 Å². The van der Waals surface area contributed by atoms with Crippen molar-refractivity contribution in [2.45, 2.75) is 6.92 Å². The largest absolute Gasteiger partial charge is 0.307 e. The number of aryl methyl sites for hydroxylation is 1. The van der Waals surface area contributed by atoms with E-state index in [1.54, 1.807) is 19.1 Å². The second-order valence-corrected chi connectivity index (χ2v) is 3.68. The zero-order chi connectivity index (χ0) is 13.1. The number of carbonyl (C=O) groups excluding carboxylic acids is 1. The molecule has 0 spiro atoms. The SMILES string of the molecule is Cc1ccc([N+](=O)[O-])cc1C(=O)Nc1ccn[nH]1. The molecule has 0 fully saturated rings. The Morgan fingerprint density at radius 2 is 2.22 bits per heavy atom. The number of nitrogens with zero attached hydrogens (tertiary/aromatic N) is 2. The molecule has 0 bridgehead atoms. The summed E-state index contributed by atoms with van der Waals surface area (Å²) in [6.45, 7) is 1.71. The summed E-state index contributed by atoms with van der Waals surface area (Å²) in [5.41, 5.74) is 0.812. The van der Waals surface area contributed by atoms with Gasteiger partial charge in [-0.3, -0.25) is 20.0 Å². The van der Waals surface area contributed by atoms with Crippen molar-refractivity contribution < 1.29 is 9.72 Å². The Balaban J connectivity index is 2.29. The van der Waals surface area contributed by atoms with Gasteiger partial charge in [0.15, 0.2) is 0 Å². The van der Waals surface area contributed by atoms with Crippen molar-refractivity contribution in [2.75, 3.05) is 5.32 Å². The van der Waals surface area contributed by atoms with E-state index in [0.717, 1.165) is 0 Å². The van der Waals surface area contributed by atoms with Gasteiger partial charge >= 0.3 is 0 Å².